The van der Waals surface area contributed by atoms with E-state index in [0.29, 0.717) is 16.7 Å². The predicted octanol–water partition coefficient (Wildman–Crippen LogP) is 5.35. The van der Waals surface area contributed by atoms with Gasteiger partial charge in [0.2, 0.25) is 0 Å². The molecule has 0 aliphatic rings. The van der Waals surface area contributed by atoms with E-state index >= 15 is 0 Å². The van der Waals surface area contributed by atoms with Gasteiger partial charge >= 0.3 is 7.60 Å². The molecule has 0 spiro atoms. The number of ether oxygens (including phenoxy) is 1. The summed E-state index contributed by atoms with van der Waals surface area (Å²) in [6.07, 6.45) is 0. The lowest BCUT2D eigenvalue weighted by Crippen LogP contribution is -2.09. The van der Waals surface area contributed by atoms with Crippen molar-refractivity contribution in [2.75, 3.05) is 20.3 Å². The summed E-state index contributed by atoms with van der Waals surface area (Å²) < 4.78 is 29.5. The normalized spacial score (nSPS) is 12.2. The molecule has 0 N–H and O–H groups in total. The summed E-state index contributed by atoms with van der Waals surface area (Å²) in [7, 11) is -1.93. The van der Waals surface area contributed by atoms with Crippen LogP contribution in [0.1, 0.15) is 25.0 Å². The molecule has 0 aliphatic carbocycles. The van der Waals surface area contributed by atoms with Crippen molar-refractivity contribution in [2.45, 2.75) is 20.8 Å². The van der Waals surface area contributed by atoms with Crippen molar-refractivity contribution in [3.8, 4) is 5.75 Å². The van der Waals surface area contributed by atoms with Gasteiger partial charge in [0, 0.05) is 5.56 Å². The number of hydrogen-bond donors (Lipinski definition) is 0. The molecular formula is C19H24NO4P. The molecule has 0 radical (unpaired) electrons. The van der Waals surface area contributed by atoms with Crippen LogP contribution in [0.5, 0.6) is 5.75 Å². The van der Waals surface area contributed by atoms with Crippen LogP contribution in [0.2, 0.25) is 0 Å². The van der Waals surface area contributed by atoms with E-state index in [1.54, 1.807) is 45.2 Å². The molecule has 0 saturated carbocycles. The Labute approximate surface area is 149 Å². The highest BCUT2D eigenvalue weighted by molar-refractivity contribution is 7.73. The molecule has 0 saturated heterocycles. The third-order valence-corrected chi connectivity index (χ3v) is 5.55. The SMILES string of the molecule is CCOP(=O)(OCC)C(=Nc1ccc(OC)cc1)c1ccc(C)cc1. The smallest absolute Gasteiger partial charge is 0.380 e. The molecule has 134 valence electrons. The van der Waals surface area contributed by atoms with Crippen LogP contribution in [-0.4, -0.2) is 25.8 Å². The molecule has 0 aromatic heterocycles. The Morgan fingerprint density at radius 1 is 0.960 bits per heavy atom. The maximum absolute atomic E-state index is 13.3. The zero-order valence-corrected chi connectivity index (χ0v) is 16.0. The van der Waals surface area contributed by atoms with Gasteiger partial charge in [0.05, 0.1) is 26.0 Å². The Kier molecular flexibility index (Phi) is 6.94. The molecule has 5 nitrogen and oxygen atoms in total. The van der Waals surface area contributed by atoms with Crippen LogP contribution >= 0.6 is 7.60 Å². The highest BCUT2D eigenvalue weighted by atomic mass is 31.2. The first-order chi connectivity index (χ1) is 12.0. The number of rotatable bonds is 8. The Morgan fingerprint density at radius 2 is 1.52 bits per heavy atom. The van der Waals surface area contributed by atoms with E-state index in [0.717, 1.165) is 11.3 Å². The van der Waals surface area contributed by atoms with Crippen LogP contribution in [0.4, 0.5) is 5.69 Å². The fraction of sp³-hybridized carbons (Fsp3) is 0.316. The van der Waals surface area contributed by atoms with Crippen molar-refractivity contribution in [1.29, 1.82) is 0 Å². The fourth-order valence-electron chi connectivity index (χ4n) is 2.27. The van der Waals surface area contributed by atoms with Gasteiger partial charge in [0.15, 0.2) is 5.45 Å². The summed E-state index contributed by atoms with van der Waals surface area (Å²) in [6.45, 7) is 6.10. The number of aliphatic imine (C=N–C) groups is 1. The molecule has 0 atom stereocenters. The largest absolute Gasteiger partial charge is 0.497 e. The number of nitrogens with zero attached hydrogens (tertiary/aromatic N) is 1. The second-order valence-electron chi connectivity index (χ2n) is 5.33. The lowest BCUT2D eigenvalue weighted by atomic mass is 10.2. The van der Waals surface area contributed by atoms with E-state index < -0.39 is 7.60 Å². The predicted molar refractivity (Wildman–Crippen MR) is 101 cm³/mol. The molecular weight excluding hydrogens is 337 g/mol. The first-order valence-corrected chi connectivity index (χ1v) is 9.76. The van der Waals surface area contributed by atoms with Gasteiger partial charge in [-0.3, -0.25) is 4.57 Å². The van der Waals surface area contributed by atoms with E-state index in [2.05, 4.69) is 4.99 Å². The Hall–Kier alpha value is -1.94. The van der Waals surface area contributed by atoms with Crippen LogP contribution in [0.15, 0.2) is 53.5 Å². The second kappa shape index (κ2) is 8.95. The third-order valence-electron chi connectivity index (χ3n) is 3.47. The van der Waals surface area contributed by atoms with E-state index in [1.165, 1.54) is 0 Å². The monoisotopic (exact) mass is 361 g/mol. The van der Waals surface area contributed by atoms with Gasteiger partial charge in [-0.1, -0.05) is 29.8 Å². The summed E-state index contributed by atoms with van der Waals surface area (Å²) in [5.74, 6) is 0.730. The maximum atomic E-state index is 13.3. The summed E-state index contributed by atoms with van der Waals surface area (Å²) in [5.41, 5.74) is 2.78. The summed E-state index contributed by atoms with van der Waals surface area (Å²) >= 11 is 0. The van der Waals surface area contributed by atoms with Crippen LogP contribution in [-0.2, 0) is 13.6 Å². The highest BCUT2D eigenvalue weighted by Gasteiger charge is 2.33. The minimum Gasteiger partial charge on any atom is -0.497 e. The lowest BCUT2D eigenvalue weighted by molar-refractivity contribution is 0.232. The van der Waals surface area contributed by atoms with Crippen LogP contribution in [0.3, 0.4) is 0 Å². The van der Waals surface area contributed by atoms with Gasteiger partial charge in [-0.05, 0) is 45.0 Å². The van der Waals surface area contributed by atoms with E-state index in [1.807, 2.05) is 31.2 Å². The van der Waals surface area contributed by atoms with Gasteiger partial charge in [0.25, 0.3) is 0 Å². The van der Waals surface area contributed by atoms with Gasteiger partial charge in [-0.25, -0.2) is 4.99 Å². The average Bonchev–Trinajstić information content (AvgIpc) is 2.61. The Balaban J connectivity index is 2.55. The van der Waals surface area contributed by atoms with E-state index in [-0.39, 0.29) is 13.2 Å². The molecule has 0 aliphatic heterocycles. The average molecular weight is 361 g/mol. The van der Waals surface area contributed by atoms with Crippen molar-refractivity contribution in [3.05, 3.63) is 59.7 Å². The molecule has 0 fully saturated rings. The van der Waals surface area contributed by atoms with Crippen molar-refractivity contribution in [3.63, 3.8) is 0 Å². The summed E-state index contributed by atoms with van der Waals surface area (Å²) in [5, 5.41) is 0. The van der Waals surface area contributed by atoms with Gasteiger partial charge in [-0.15, -0.1) is 0 Å². The summed E-state index contributed by atoms with van der Waals surface area (Å²) in [4.78, 5) is 4.59. The third kappa shape index (κ3) is 5.02. The number of hydrogen-bond acceptors (Lipinski definition) is 5. The van der Waals surface area contributed by atoms with Crippen LogP contribution in [0.25, 0.3) is 0 Å². The molecule has 0 unspecified atom stereocenters. The van der Waals surface area contributed by atoms with Gasteiger partial charge in [-0.2, -0.15) is 0 Å². The first kappa shape index (κ1) is 19.4. The van der Waals surface area contributed by atoms with Gasteiger partial charge in [0.1, 0.15) is 5.75 Å². The zero-order chi connectivity index (χ0) is 18.3. The maximum Gasteiger partial charge on any atom is 0.380 e. The molecule has 0 bridgehead atoms. The number of methoxy groups -OCH3 is 1. The standard InChI is InChI=1S/C19H24NO4P/c1-5-23-25(21,24-6-2)19(16-9-7-15(3)8-10-16)20-17-11-13-18(22-4)14-12-17/h7-14H,5-6H2,1-4H3. The number of benzene rings is 2. The minimum absolute atomic E-state index is 0.269. The second-order valence-corrected chi connectivity index (χ2v) is 7.27. The van der Waals surface area contributed by atoms with E-state index in [9.17, 15) is 4.57 Å². The molecule has 2 rings (SSSR count). The Bertz CT molecular complexity index is 744. The quantitative estimate of drug-likeness (QED) is 0.470. The Morgan fingerprint density at radius 3 is 2.00 bits per heavy atom. The molecule has 0 amide bonds. The van der Waals surface area contributed by atoms with Crippen molar-refractivity contribution < 1.29 is 18.3 Å². The number of aryl methyl sites for hydroxylation is 1. The molecule has 0 heterocycles. The molecule has 25 heavy (non-hydrogen) atoms. The van der Waals surface area contributed by atoms with Gasteiger partial charge < -0.3 is 13.8 Å². The molecule has 2 aromatic carbocycles. The molecule has 6 heteroatoms. The first-order valence-electron chi connectivity index (χ1n) is 8.22. The van der Waals surface area contributed by atoms with E-state index in [4.69, 9.17) is 13.8 Å². The highest BCUT2D eigenvalue weighted by Crippen LogP contribution is 2.52. The zero-order valence-electron chi connectivity index (χ0n) is 15.1. The van der Waals surface area contributed by atoms with Crippen molar-refractivity contribution in [2.24, 2.45) is 4.99 Å². The molecule has 2 aromatic rings. The lowest BCUT2D eigenvalue weighted by Gasteiger charge is -2.19. The van der Waals surface area contributed by atoms with Crippen molar-refractivity contribution >= 4 is 18.7 Å². The summed E-state index contributed by atoms with van der Waals surface area (Å²) in [6, 6.07) is 14.9. The fourth-order valence-corrected chi connectivity index (χ4v) is 3.97. The topological polar surface area (TPSA) is 57.1 Å². The minimum atomic E-state index is -3.53. The van der Waals surface area contributed by atoms with Crippen molar-refractivity contribution in [1.82, 2.24) is 0 Å². The van der Waals surface area contributed by atoms with Crippen LogP contribution < -0.4 is 4.74 Å². The van der Waals surface area contributed by atoms with Crippen LogP contribution in [0, 0.1) is 6.92 Å².